The number of hydrogen-bond donors (Lipinski definition) is 2. The van der Waals surface area contributed by atoms with Crippen LogP contribution < -0.4 is 5.73 Å². The number of aromatic nitrogens is 1. The van der Waals surface area contributed by atoms with Crippen molar-refractivity contribution in [1.82, 2.24) is 4.98 Å². The molecule has 1 amide bonds. The highest BCUT2D eigenvalue weighted by atomic mass is 16.1. The smallest absolute Gasteiger partial charge is 0.265 e. The first-order chi connectivity index (χ1) is 7.27. The number of H-pyrrole nitrogens is 1. The minimum atomic E-state index is -0.459. The predicted molar refractivity (Wildman–Crippen MR) is 58.8 cm³/mol. The largest absolute Gasteiger partial charge is 0.364 e. The highest BCUT2D eigenvalue weighted by Gasteiger charge is 2.05. The third kappa shape index (κ3) is 2.00. The Kier molecular flexibility index (Phi) is 2.42. The van der Waals surface area contributed by atoms with E-state index in [0.717, 1.165) is 17.7 Å². The Balaban J connectivity index is 2.35. The first-order valence-corrected chi connectivity index (χ1v) is 4.62. The minimum Gasteiger partial charge on any atom is -0.364 e. The second-order valence-corrected chi connectivity index (χ2v) is 3.16. The fourth-order valence-electron chi connectivity index (χ4n) is 1.33. The van der Waals surface area contributed by atoms with E-state index in [0.29, 0.717) is 5.69 Å². The van der Waals surface area contributed by atoms with E-state index in [1.165, 1.54) is 0 Å². The molecule has 1 aliphatic carbocycles. The summed E-state index contributed by atoms with van der Waals surface area (Å²) in [7, 11) is 0. The van der Waals surface area contributed by atoms with Crippen molar-refractivity contribution in [3.8, 4) is 11.8 Å². The maximum atomic E-state index is 10.9. The number of nitrogens with one attached hydrogen (secondary N) is 1. The van der Waals surface area contributed by atoms with Crippen LogP contribution in [0.25, 0.3) is 5.57 Å². The van der Waals surface area contributed by atoms with Gasteiger partial charge in [0.15, 0.2) is 0 Å². The number of nitrogens with two attached hydrogens (primary N) is 1. The molecule has 0 bridgehead atoms. The fraction of sp³-hybridized carbons (Fsp3) is 0.0833. The lowest BCUT2D eigenvalue weighted by atomic mass is 10.2. The van der Waals surface area contributed by atoms with E-state index >= 15 is 0 Å². The quantitative estimate of drug-likeness (QED) is 0.694. The van der Waals surface area contributed by atoms with Crippen molar-refractivity contribution >= 4 is 11.5 Å². The zero-order valence-electron chi connectivity index (χ0n) is 8.08. The normalized spacial score (nSPS) is 13.7. The van der Waals surface area contributed by atoms with E-state index in [9.17, 15) is 4.79 Å². The van der Waals surface area contributed by atoms with Gasteiger partial charge >= 0.3 is 0 Å². The van der Waals surface area contributed by atoms with Gasteiger partial charge in [-0.1, -0.05) is 24.0 Å². The van der Waals surface area contributed by atoms with Gasteiger partial charge in [-0.15, -0.1) is 0 Å². The van der Waals surface area contributed by atoms with Crippen LogP contribution in [0.1, 0.15) is 22.6 Å². The Morgan fingerprint density at radius 1 is 1.47 bits per heavy atom. The zero-order valence-corrected chi connectivity index (χ0v) is 8.08. The predicted octanol–water partition coefficient (Wildman–Crippen LogP) is 1.46. The molecule has 0 fully saturated rings. The first-order valence-electron chi connectivity index (χ1n) is 4.62. The van der Waals surface area contributed by atoms with Crippen molar-refractivity contribution in [3.05, 3.63) is 41.7 Å². The standard InChI is InChI=1S/C12H10N2O/c13-12(15)11-8-7-10(14-11)9-5-3-1-2-4-6-9/h1,3,5,7-8,14H,2H2,(H2,13,15). The Labute approximate surface area is 87.7 Å². The van der Waals surface area contributed by atoms with Crippen LogP contribution in [-0.2, 0) is 0 Å². The Bertz CT molecular complexity index is 509. The van der Waals surface area contributed by atoms with Gasteiger partial charge in [-0.3, -0.25) is 4.79 Å². The summed E-state index contributed by atoms with van der Waals surface area (Å²) < 4.78 is 0. The van der Waals surface area contributed by atoms with E-state index in [-0.39, 0.29) is 0 Å². The summed E-state index contributed by atoms with van der Waals surface area (Å²) in [5, 5.41) is 0. The van der Waals surface area contributed by atoms with Crippen molar-refractivity contribution in [2.45, 2.75) is 6.42 Å². The molecule has 2 rings (SSSR count). The van der Waals surface area contributed by atoms with E-state index in [2.05, 4.69) is 16.8 Å². The van der Waals surface area contributed by atoms with Gasteiger partial charge in [-0.25, -0.2) is 0 Å². The summed E-state index contributed by atoms with van der Waals surface area (Å²) >= 11 is 0. The summed E-state index contributed by atoms with van der Waals surface area (Å²) in [6.07, 6.45) is 6.59. The van der Waals surface area contributed by atoms with Crippen molar-refractivity contribution in [2.24, 2.45) is 5.73 Å². The number of allylic oxidation sites excluding steroid dienone is 4. The van der Waals surface area contributed by atoms with Gasteiger partial charge < -0.3 is 10.7 Å². The molecule has 3 heteroatoms. The lowest BCUT2D eigenvalue weighted by Gasteiger charge is -1.94. The highest BCUT2D eigenvalue weighted by Crippen LogP contribution is 2.14. The van der Waals surface area contributed by atoms with Crippen molar-refractivity contribution in [2.75, 3.05) is 0 Å². The van der Waals surface area contributed by atoms with E-state index < -0.39 is 5.91 Å². The monoisotopic (exact) mass is 198 g/mol. The van der Waals surface area contributed by atoms with Gasteiger partial charge in [0, 0.05) is 12.0 Å². The van der Waals surface area contributed by atoms with Crippen LogP contribution in [0.15, 0.2) is 30.4 Å². The van der Waals surface area contributed by atoms with E-state index in [1.54, 1.807) is 12.1 Å². The maximum absolute atomic E-state index is 10.9. The molecule has 74 valence electrons. The van der Waals surface area contributed by atoms with Crippen molar-refractivity contribution in [1.29, 1.82) is 0 Å². The van der Waals surface area contributed by atoms with Gasteiger partial charge in [-0.2, -0.15) is 0 Å². The highest BCUT2D eigenvalue weighted by molar-refractivity contribution is 5.92. The molecule has 0 atom stereocenters. The topological polar surface area (TPSA) is 58.9 Å². The van der Waals surface area contributed by atoms with E-state index in [1.807, 2.05) is 18.2 Å². The summed E-state index contributed by atoms with van der Waals surface area (Å²) in [5.41, 5.74) is 7.25. The summed E-state index contributed by atoms with van der Waals surface area (Å²) in [5.74, 6) is 5.55. The van der Waals surface area contributed by atoms with Crippen molar-refractivity contribution in [3.63, 3.8) is 0 Å². The van der Waals surface area contributed by atoms with Crippen molar-refractivity contribution < 1.29 is 4.79 Å². The molecule has 0 aliphatic heterocycles. The van der Waals surface area contributed by atoms with Gasteiger partial charge in [-0.05, 0) is 18.2 Å². The fourth-order valence-corrected chi connectivity index (χ4v) is 1.33. The second kappa shape index (κ2) is 3.89. The minimum absolute atomic E-state index is 0.404. The van der Waals surface area contributed by atoms with Crippen LogP contribution in [-0.4, -0.2) is 10.9 Å². The second-order valence-electron chi connectivity index (χ2n) is 3.16. The number of carbonyl (C=O) groups excluding carboxylic acids is 1. The zero-order chi connectivity index (χ0) is 10.7. The molecule has 0 saturated heterocycles. The number of amides is 1. The summed E-state index contributed by atoms with van der Waals surface area (Å²) in [4.78, 5) is 13.8. The van der Waals surface area contributed by atoms with Crippen LogP contribution in [0.4, 0.5) is 0 Å². The summed E-state index contributed by atoms with van der Waals surface area (Å²) in [6, 6.07) is 3.47. The third-order valence-corrected chi connectivity index (χ3v) is 2.08. The molecule has 0 unspecified atom stereocenters. The molecule has 3 N–H and O–H groups in total. The SMILES string of the molecule is NC(=O)c1ccc(C2=CC=CCC#C2)[nH]1. The number of rotatable bonds is 2. The number of hydrogen-bond acceptors (Lipinski definition) is 1. The van der Waals surface area contributed by atoms with Gasteiger partial charge in [0.2, 0.25) is 0 Å². The van der Waals surface area contributed by atoms with Crippen LogP contribution in [0.3, 0.4) is 0 Å². The number of primary amides is 1. The first kappa shape index (κ1) is 9.35. The van der Waals surface area contributed by atoms with E-state index in [4.69, 9.17) is 5.73 Å². The number of aromatic amines is 1. The lowest BCUT2D eigenvalue weighted by molar-refractivity contribution is 0.0996. The Morgan fingerprint density at radius 2 is 2.33 bits per heavy atom. The Morgan fingerprint density at radius 3 is 3.07 bits per heavy atom. The molecule has 1 aliphatic rings. The van der Waals surface area contributed by atoms with Crippen LogP contribution >= 0.6 is 0 Å². The molecule has 1 aromatic rings. The third-order valence-electron chi connectivity index (χ3n) is 2.08. The number of carbonyl (C=O) groups is 1. The molecule has 3 nitrogen and oxygen atoms in total. The Hall–Kier alpha value is -2.21. The van der Waals surface area contributed by atoms with Crippen LogP contribution in [0.2, 0.25) is 0 Å². The molecular formula is C12H10N2O. The molecule has 15 heavy (non-hydrogen) atoms. The molecule has 0 saturated carbocycles. The maximum Gasteiger partial charge on any atom is 0.265 e. The van der Waals surface area contributed by atoms with Gasteiger partial charge in [0.25, 0.3) is 5.91 Å². The van der Waals surface area contributed by atoms with Gasteiger partial charge in [0.1, 0.15) is 5.69 Å². The van der Waals surface area contributed by atoms with Crippen LogP contribution in [0, 0.1) is 11.8 Å². The molecule has 1 aromatic heterocycles. The average Bonchev–Trinajstić information content (AvgIpc) is 2.55. The average molecular weight is 198 g/mol. The lowest BCUT2D eigenvalue weighted by Crippen LogP contribution is -2.11. The summed E-state index contributed by atoms with van der Waals surface area (Å²) in [6.45, 7) is 0. The molecule has 1 heterocycles. The van der Waals surface area contributed by atoms with Gasteiger partial charge in [0.05, 0.1) is 5.69 Å². The molecular weight excluding hydrogens is 188 g/mol. The molecule has 0 spiro atoms. The molecule has 0 aromatic carbocycles. The molecule has 0 radical (unpaired) electrons. The van der Waals surface area contributed by atoms with Crippen LogP contribution in [0.5, 0.6) is 0 Å².